The van der Waals surface area contributed by atoms with Crippen LogP contribution in [0.5, 0.6) is 0 Å². The molecule has 0 aliphatic carbocycles. The summed E-state index contributed by atoms with van der Waals surface area (Å²) >= 11 is 1.46. The summed E-state index contributed by atoms with van der Waals surface area (Å²) in [6, 6.07) is 2.04. The second kappa shape index (κ2) is 6.62. The third-order valence-corrected chi connectivity index (χ3v) is 3.66. The van der Waals surface area contributed by atoms with E-state index in [4.69, 9.17) is 0 Å². The third kappa shape index (κ3) is 3.75. The number of hydrogen-bond acceptors (Lipinski definition) is 4. The number of halogens is 2. The van der Waals surface area contributed by atoms with Crippen molar-refractivity contribution < 1.29 is 13.6 Å². The highest BCUT2D eigenvalue weighted by atomic mass is 32.1. The van der Waals surface area contributed by atoms with Gasteiger partial charge in [0, 0.05) is 23.2 Å². The van der Waals surface area contributed by atoms with Crippen molar-refractivity contribution in [1.29, 1.82) is 0 Å². The first kappa shape index (κ1) is 15.4. The van der Waals surface area contributed by atoms with Gasteiger partial charge in [-0.25, -0.2) is 13.8 Å². The summed E-state index contributed by atoms with van der Waals surface area (Å²) in [6.45, 7) is 4.27. The van der Waals surface area contributed by atoms with Gasteiger partial charge in [-0.15, -0.1) is 11.3 Å². The number of nitrogens with zero attached hydrogens (tertiary/aromatic N) is 1. The van der Waals surface area contributed by atoms with Crippen LogP contribution < -0.4 is 10.6 Å². The number of hydrogen-bond donors (Lipinski definition) is 2. The van der Waals surface area contributed by atoms with Gasteiger partial charge in [0.25, 0.3) is 5.91 Å². The molecule has 0 radical (unpaired) electrons. The van der Waals surface area contributed by atoms with Crippen LogP contribution in [-0.4, -0.2) is 17.4 Å². The number of aromatic nitrogens is 1. The number of thiazole rings is 1. The fourth-order valence-corrected chi connectivity index (χ4v) is 2.54. The maximum absolute atomic E-state index is 13.7. The first-order chi connectivity index (χ1) is 10.0. The lowest BCUT2D eigenvalue weighted by Gasteiger charge is -2.09. The SMILES string of the molecule is CCNc1c(F)cc(C(=O)NCc2cnc(C)s2)cc1F. The highest BCUT2D eigenvalue weighted by Crippen LogP contribution is 2.20. The van der Waals surface area contributed by atoms with Crippen molar-refractivity contribution in [3.05, 3.63) is 45.4 Å². The fraction of sp³-hybridized carbons (Fsp3) is 0.286. The largest absolute Gasteiger partial charge is 0.381 e. The van der Waals surface area contributed by atoms with E-state index in [9.17, 15) is 13.6 Å². The molecule has 0 aliphatic heterocycles. The molecule has 4 nitrogen and oxygen atoms in total. The van der Waals surface area contributed by atoms with Gasteiger partial charge >= 0.3 is 0 Å². The molecule has 0 fully saturated rings. The summed E-state index contributed by atoms with van der Waals surface area (Å²) in [4.78, 5) is 16.9. The standard InChI is InChI=1S/C14H15F2N3OS/c1-3-17-13-11(15)4-9(5-12(13)16)14(20)19-7-10-6-18-8(2)21-10/h4-6,17H,3,7H2,1-2H3,(H,19,20). The number of amides is 1. The molecule has 0 spiro atoms. The van der Waals surface area contributed by atoms with Crippen LogP contribution in [0, 0.1) is 18.6 Å². The Morgan fingerprint density at radius 3 is 2.52 bits per heavy atom. The molecule has 0 unspecified atom stereocenters. The lowest BCUT2D eigenvalue weighted by atomic mass is 10.1. The van der Waals surface area contributed by atoms with E-state index in [1.54, 1.807) is 13.1 Å². The van der Waals surface area contributed by atoms with Crippen LogP contribution in [0.3, 0.4) is 0 Å². The van der Waals surface area contributed by atoms with E-state index in [1.807, 2.05) is 6.92 Å². The number of anilines is 1. The van der Waals surface area contributed by atoms with Crippen molar-refractivity contribution in [3.63, 3.8) is 0 Å². The van der Waals surface area contributed by atoms with Crippen molar-refractivity contribution in [2.45, 2.75) is 20.4 Å². The minimum absolute atomic E-state index is 0.0482. The van der Waals surface area contributed by atoms with Gasteiger partial charge < -0.3 is 10.6 Å². The maximum Gasteiger partial charge on any atom is 0.251 e. The normalized spacial score (nSPS) is 10.5. The Kier molecular flexibility index (Phi) is 4.85. The van der Waals surface area contributed by atoms with Gasteiger partial charge in [-0.1, -0.05) is 0 Å². The van der Waals surface area contributed by atoms with Gasteiger partial charge in [0.15, 0.2) is 0 Å². The van der Waals surface area contributed by atoms with Crippen molar-refractivity contribution >= 4 is 22.9 Å². The van der Waals surface area contributed by atoms with Crippen LogP contribution in [-0.2, 0) is 6.54 Å². The molecule has 0 bridgehead atoms. The van der Waals surface area contributed by atoms with Gasteiger partial charge in [0.1, 0.15) is 17.3 Å². The van der Waals surface area contributed by atoms with Crippen LogP contribution in [0.2, 0.25) is 0 Å². The maximum atomic E-state index is 13.7. The molecule has 7 heteroatoms. The number of carbonyl (C=O) groups excluding carboxylic acids is 1. The zero-order chi connectivity index (χ0) is 15.4. The summed E-state index contributed by atoms with van der Waals surface area (Å²) in [5, 5.41) is 6.09. The van der Waals surface area contributed by atoms with E-state index in [2.05, 4.69) is 15.6 Å². The minimum atomic E-state index is -0.782. The number of benzene rings is 1. The number of aryl methyl sites for hydroxylation is 1. The van der Waals surface area contributed by atoms with Crippen LogP contribution in [0.1, 0.15) is 27.2 Å². The number of nitrogens with one attached hydrogen (secondary N) is 2. The molecule has 1 aromatic carbocycles. The van der Waals surface area contributed by atoms with Crippen LogP contribution >= 0.6 is 11.3 Å². The van der Waals surface area contributed by atoms with Gasteiger partial charge in [-0.2, -0.15) is 0 Å². The van der Waals surface area contributed by atoms with E-state index in [-0.39, 0.29) is 17.8 Å². The second-order valence-electron chi connectivity index (χ2n) is 4.37. The van der Waals surface area contributed by atoms with E-state index in [0.29, 0.717) is 6.54 Å². The Morgan fingerprint density at radius 1 is 1.33 bits per heavy atom. The Hall–Kier alpha value is -2.02. The molecule has 2 N–H and O–H groups in total. The Balaban J connectivity index is 2.08. The first-order valence-corrected chi connectivity index (χ1v) is 7.25. The topological polar surface area (TPSA) is 54.0 Å². The van der Waals surface area contributed by atoms with Crippen molar-refractivity contribution in [3.8, 4) is 0 Å². The fourth-order valence-electron chi connectivity index (χ4n) is 1.81. The van der Waals surface area contributed by atoms with Gasteiger partial charge in [-0.3, -0.25) is 4.79 Å². The molecule has 0 saturated heterocycles. The van der Waals surface area contributed by atoms with Crippen molar-refractivity contribution in [2.24, 2.45) is 0 Å². The van der Waals surface area contributed by atoms with Crippen molar-refractivity contribution in [1.82, 2.24) is 10.3 Å². The highest BCUT2D eigenvalue weighted by molar-refractivity contribution is 7.11. The molecule has 2 aromatic rings. The van der Waals surface area contributed by atoms with Crippen LogP contribution in [0.25, 0.3) is 0 Å². The molecule has 1 heterocycles. The quantitative estimate of drug-likeness (QED) is 0.892. The van der Waals surface area contributed by atoms with Crippen LogP contribution in [0.15, 0.2) is 18.3 Å². The lowest BCUT2D eigenvalue weighted by molar-refractivity contribution is 0.0950. The average molecular weight is 311 g/mol. The summed E-state index contributed by atoms with van der Waals surface area (Å²) < 4.78 is 27.5. The molecular weight excluding hydrogens is 296 g/mol. The van der Waals surface area contributed by atoms with Gasteiger partial charge in [0.2, 0.25) is 0 Å². The number of rotatable bonds is 5. The minimum Gasteiger partial charge on any atom is -0.381 e. The Labute approximate surface area is 125 Å². The van der Waals surface area contributed by atoms with E-state index < -0.39 is 17.5 Å². The average Bonchev–Trinajstić information content (AvgIpc) is 2.85. The highest BCUT2D eigenvalue weighted by Gasteiger charge is 2.14. The first-order valence-electron chi connectivity index (χ1n) is 6.43. The molecule has 21 heavy (non-hydrogen) atoms. The van der Waals surface area contributed by atoms with Gasteiger partial charge in [-0.05, 0) is 26.0 Å². The zero-order valence-electron chi connectivity index (χ0n) is 11.7. The lowest BCUT2D eigenvalue weighted by Crippen LogP contribution is -2.23. The van der Waals surface area contributed by atoms with E-state index >= 15 is 0 Å². The molecular formula is C14H15F2N3OS. The Morgan fingerprint density at radius 2 is 2.00 bits per heavy atom. The summed E-state index contributed by atoms with van der Waals surface area (Å²) in [5.41, 5.74) is -0.264. The van der Waals surface area contributed by atoms with E-state index in [1.165, 1.54) is 11.3 Å². The second-order valence-corrected chi connectivity index (χ2v) is 5.69. The summed E-state index contributed by atoms with van der Waals surface area (Å²) in [6.07, 6.45) is 1.66. The summed E-state index contributed by atoms with van der Waals surface area (Å²) in [5.74, 6) is -2.09. The molecule has 112 valence electrons. The van der Waals surface area contributed by atoms with E-state index in [0.717, 1.165) is 22.0 Å². The molecule has 1 amide bonds. The third-order valence-electron chi connectivity index (χ3n) is 2.75. The predicted molar refractivity (Wildman–Crippen MR) is 78.5 cm³/mol. The smallest absolute Gasteiger partial charge is 0.251 e. The predicted octanol–water partition coefficient (Wildman–Crippen LogP) is 3.09. The van der Waals surface area contributed by atoms with Gasteiger partial charge in [0.05, 0.1) is 11.6 Å². The molecule has 0 atom stereocenters. The zero-order valence-corrected chi connectivity index (χ0v) is 12.5. The number of carbonyl (C=O) groups is 1. The molecule has 0 saturated carbocycles. The molecule has 0 aliphatic rings. The van der Waals surface area contributed by atoms with Crippen LogP contribution in [0.4, 0.5) is 14.5 Å². The monoisotopic (exact) mass is 311 g/mol. The van der Waals surface area contributed by atoms with Crippen molar-refractivity contribution in [2.75, 3.05) is 11.9 Å². The molecule has 1 aromatic heterocycles. The Bertz CT molecular complexity index is 634. The molecule has 2 rings (SSSR count). The summed E-state index contributed by atoms with van der Waals surface area (Å²) in [7, 11) is 0.